The Morgan fingerprint density at radius 3 is 2.53 bits per heavy atom. The Kier molecular flexibility index (Phi) is 5.44. The summed E-state index contributed by atoms with van der Waals surface area (Å²) in [6.45, 7) is 8.78. The number of ether oxygens (including phenoxy) is 1. The van der Waals surface area contributed by atoms with Crippen molar-refractivity contribution in [1.29, 1.82) is 0 Å². The Labute approximate surface area is 98.5 Å². The van der Waals surface area contributed by atoms with E-state index in [1.54, 1.807) is 7.11 Å². The molecule has 0 radical (unpaired) electrons. The van der Waals surface area contributed by atoms with Crippen LogP contribution in [0.2, 0.25) is 0 Å². The Morgan fingerprint density at radius 2 is 2.07 bits per heavy atom. The zero-order valence-corrected chi connectivity index (χ0v) is 11.3. The van der Waals surface area contributed by atoms with Crippen LogP contribution < -0.4 is 5.32 Å². The molecule has 0 spiro atoms. The second-order valence-corrected chi connectivity index (χ2v) is 7.24. The van der Waals surface area contributed by atoms with Gasteiger partial charge in [0.2, 0.25) is 0 Å². The molecule has 2 nitrogen and oxygen atoms in total. The second kappa shape index (κ2) is 6.12. The van der Waals surface area contributed by atoms with Gasteiger partial charge in [-0.3, -0.25) is 0 Å². The fraction of sp³-hybridized carbons (Fsp3) is 1.00. The molecule has 1 aliphatic rings. The Hall–Kier alpha value is 0.270. The lowest BCUT2D eigenvalue weighted by Crippen LogP contribution is -2.36. The van der Waals surface area contributed by atoms with Crippen molar-refractivity contribution in [2.45, 2.75) is 44.4 Å². The van der Waals surface area contributed by atoms with Gasteiger partial charge in [0.05, 0.1) is 6.61 Å². The van der Waals surface area contributed by atoms with Gasteiger partial charge in [0.15, 0.2) is 0 Å². The molecule has 0 aromatic rings. The minimum Gasteiger partial charge on any atom is -0.383 e. The molecule has 1 fully saturated rings. The number of rotatable bonds is 7. The van der Waals surface area contributed by atoms with Crippen molar-refractivity contribution in [3.8, 4) is 0 Å². The third-order valence-corrected chi connectivity index (χ3v) is 3.86. The molecule has 0 aromatic carbocycles. The van der Waals surface area contributed by atoms with Crippen molar-refractivity contribution < 1.29 is 4.74 Å². The summed E-state index contributed by atoms with van der Waals surface area (Å²) in [6, 6.07) is 0.593. The van der Waals surface area contributed by atoms with Gasteiger partial charge < -0.3 is 10.1 Å². The lowest BCUT2D eigenvalue weighted by Gasteiger charge is -2.20. The van der Waals surface area contributed by atoms with Crippen molar-refractivity contribution in [3.63, 3.8) is 0 Å². The maximum atomic E-state index is 5.23. The van der Waals surface area contributed by atoms with E-state index in [1.807, 2.05) is 11.8 Å². The predicted molar refractivity (Wildman–Crippen MR) is 68.6 cm³/mol. The van der Waals surface area contributed by atoms with E-state index in [2.05, 4.69) is 26.1 Å². The van der Waals surface area contributed by atoms with Gasteiger partial charge in [-0.15, -0.1) is 0 Å². The Balaban J connectivity index is 2.06. The van der Waals surface area contributed by atoms with E-state index in [4.69, 9.17) is 4.74 Å². The molecule has 1 saturated carbocycles. The average molecular weight is 231 g/mol. The molecule has 1 N–H and O–H groups in total. The third kappa shape index (κ3) is 6.44. The van der Waals surface area contributed by atoms with Gasteiger partial charge in [-0.25, -0.2) is 0 Å². The molecule has 3 heteroatoms. The van der Waals surface area contributed by atoms with Gasteiger partial charge in [-0.1, -0.05) is 20.8 Å². The van der Waals surface area contributed by atoms with Gasteiger partial charge in [0.25, 0.3) is 0 Å². The van der Waals surface area contributed by atoms with Gasteiger partial charge in [0, 0.05) is 30.2 Å². The largest absolute Gasteiger partial charge is 0.383 e. The van der Waals surface area contributed by atoms with Crippen molar-refractivity contribution in [2.24, 2.45) is 5.92 Å². The molecular weight excluding hydrogens is 206 g/mol. The third-order valence-electron chi connectivity index (χ3n) is 2.58. The van der Waals surface area contributed by atoms with Crippen LogP contribution in [0.3, 0.4) is 0 Å². The van der Waals surface area contributed by atoms with Crippen LogP contribution in [-0.4, -0.2) is 36.8 Å². The summed E-state index contributed by atoms with van der Waals surface area (Å²) < 4.78 is 5.62. The summed E-state index contributed by atoms with van der Waals surface area (Å²) in [5.41, 5.74) is 0. The Bertz CT molecular complexity index is 175. The lowest BCUT2D eigenvalue weighted by molar-refractivity contribution is 0.159. The Morgan fingerprint density at radius 1 is 1.40 bits per heavy atom. The first kappa shape index (κ1) is 13.3. The molecule has 0 bridgehead atoms. The maximum Gasteiger partial charge on any atom is 0.0618 e. The number of hydrogen-bond donors (Lipinski definition) is 1. The minimum atomic E-state index is 0.387. The highest BCUT2D eigenvalue weighted by atomic mass is 32.2. The van der Waals surface area contributed by atoms with E-state index in [9.17, 15) is 0 Å². The van der Waals surface area contributed by atoms with Crippen LogP contribution in [0.25, 0.3) is 0 Å². The molecule has 90 valence electrons. The van der Waals surface area contributed by atoms with E-state index < -0.39 is 0 Å². The normalized spacial score (nSPS) is 19.2. The monoisotopic (exact) mass is 231 g/mol. The molecule has 0 amide bonds. The summed E-state index contributed by atoms with van der Waals surface area (Å²) in [4.78, 5) is 0. The first-order chi connectivity index (χ1) is 7.03. The molecule has 0 aliphatic heterocycles. The van der Waals surface area contributed by atoms with Crippen molar-refractivity contribution in [2.75, 3.05) is 26.0 Å². The molecular formula is C12H25NOS. The van der Waals surface area contributed by atoms with E-state index in [0.717, 1.165) is 19.1 Å². The quantitative estimate of drug-likeness (QED) is 0.680. The van der Waals surface area contributed by atoms with Crippen molar-refractivity contribution in [1.82, 2.24) is 5.32 Å². The van der Waals surface area contributed by atoms with Crippen LogP contribution in [-0.2, 0) is 4.74 Å². The van der Waals surface area contributed by atoms with Crippen LogP contribution in [0.1, 0.15) is 33.6 Å². The molecule has 0 aromatic heterocycles. The van der Waals surface area contributed by atoms with Crippen LogP contribution in [0.4, 0.5) is 0 Å². The van der Waals surface area contributed by atoms with Gasteiger partial charge in [-0.2, -0.15) is 11.8 Å². The summed E-state index contributed by atoms with van der Waals surface area (Å²) in [5, 5.41) is 3.61. The maximum absolute atomic E-state index is 5.23. The molecule has 1 rings (SSSR count). The van der Waals surface area contributed by atoms with Crippen molar-refractivity contribution >= 4 is 11.8 Å². The molecule has 0 heterocycles. The van der Waals surface area contributed by atoms with Crippen LogP contribution in [0.5, 0.6) is 0 Å². The zero-order chi connectivity index (χ0) is 11.3. The number of thioether (sulfide) groups is 1. The van der Waals surface area contributed by atoms with Crippen LogP contribution >= 0.6 is 11.8 Å². The highest BCUT2D eigenvalue weighted by Gasteiger charge is 2.30. The first-order valence-corrected chi connectivity index (χ1v) is 6.88. The van der Waals surface area contributed by atoms with E-state index in [0.29, 0.717) is 10.8 Å². The van der Waals surface area contributed by atoms with Gasteiger partial charge in [-0.05, 0) is 18.8 Å². The first-order valence-electron chi connectivity index (χ1n) is 5.89. The average Bonchev–Trinajstić information content (AvgIpc) is 2.91. The molecule has 1 unspecified atom stereocenters. The minimum absolute atomic E-state index is 0.387. The molecule has 1 aliphatic carbocycles. The molecule has 1 atom stereocenters. The van der Waals surface area contributed by atoms with Gasteiger partial charge in [0.1, 0.15) is 0 Å². The topological polar surface area (TPSA) is 21.3 Å². The number of methoxy groups -OCH3 is 1. The number of nitrogens with one attached hydrogen (secondary N) is 1. The van der Waals surface area contributed by atoms with E-state index in [-0.39, 0.29) is 0 Å². The predicted octanol–water partition coefficient (Wildman–Crippen LogP) is 2.53. The fourth-order valence-electron chi connectivity index (χ4n) is 1.64. The van der Waals surface area contributed by atoms with Crippen molar-refractivity contribution in [3.05, 3.63) is 0 Å². The second-order valence-electron chi connectivity index (χ2n) is 5.31. The van der Waals surface area contributed by atoms with E-state index >= 15 is 0 Å². The number of hydrogen-bond acceptors (Lipinski definition) is 3. The van der Waals surface area contributed by atoms with E-state index in [1.165, 1.54) is 18.6 Å². The van der Waals surface area contributed by atoms with Crippen LogP contribution in [0, 0.1) is 5.92 Å². The summed E-state index contributed by atoms with van der Waals surface area (Å²) >= 11 is 2.02. The highest BCUT2D eigenvalue weighted by Crippen LogP contribution is 2.32. The fourth-order valence-corrected chi connectivity index (χ4v) is 2.47. The molecule has 15 heavy (non-hydrogen) atoms. The zero-order valence-electron chi connectivity index (χ0n) is 10.5. The highest BCUT2D eigenvalue weighted by molar-refractivity contribution is 8.00. The summed E-state index contributed by atoms with van der Waals surface area (Å²) in [7, 11) is 1.79. The SMILES string of the molecule is COCC(NCCSC(C)(C)C)C1CC1. The smallest absolute Gasteiger partial charge is 0.0618 e. The van der Waals surface area contributed by atoms with Crippen LogP contribution in [0.15, 0.2) is 0 Å². The van der Waals surface area contributed by atoms with Gasteiger partial charge >= 0.3 is 0 Å². The lowest BCUT2D eigenvalue weighted by atomic mass is 10.2. The molecule has 0 saturated heterocycles. The summed E-state index contributed by atoms with van der Waals surface area (Å²) in [6.07, 6.45) is 2.76. The standard InChI is InChI=1S/C12H25NOS/c1-12(2,3)15-8-7-13-11(9-14-4)10-5-6-10/h10-11,13H,5-9H2,1-4H3. The summed E-state index contributed by atoms with van der Waals surface area (Å²) in [5.74, 6) is 2.07.